The zero-order valence-electron chi connectivity index (χ0n) is 14.7. The molecule has 3 rings (SSSR count). The van der Waals surface area contributed by atoms with E-state index in [9.17, 15) is 18.5 Å². The number of hydrogen-bond acceptors (Lipinski definition) is 5. The molecule has 2 heterocycles. The van der Waals surface area contributed by atoms with Gasteiger partial charge in [0.15, 0.2) is 0 Å². The molecule has 1 aromatic heterocycles. The zero-order valence-corrected chi connectivity index (χ0v) is 15.5. The summed E-state index contributed by atoms with van der Waals surface area (Å²) < 4.78 is 27.3. The third-order valence-corrected chi connectivity index (χ3v) is 6.57. The van der Waals surface area contributed by atoms with Crippen LogP contribution in [0.15, 0.2) is 41.4 Å². The molecule has 0 unspecified atom stereocenters. The Morgan fingerprint density at radius 2 is 1.81 bits per heavy atom. The van der Waals surface area contributed by atoms with Crippen LogP contribution in [0.2, 0.25) is 0 Å². The maximum absolute atomic E-state index is 12.9. The summed E-state index contributed by atoms with van der Waals surface area (Å²) >= 11 is 0. The molecule has 8 nitrogen and oxygen atoms in total. The fourth-order valence-corrected chi connectivity index (χ4v) is 4.83. The van der Waals surface area contributed by atoms with Crippen LogP contribution in [-0.2, 0) is 10.0 Å². The Hall–Kier alpha value is -2.52. The Labute approximate surface area is 152 Å². The molecule has 0 aliphatic carbocycles. The van der Waals surface area contributed by atoms with Gasteiger partial charge < -0.3 is 0 Å². The van der Waals surface area contributed by atoms with E-state index in [1.165, 1.54) is 10.4 Å². The smallest absolute Gasteiger partial charge is 0.258 e. The number of nitrogens with one attached hydrogen (secondary N) is 1. The van der Waals surface area contributed by atoms with Gasteiger partial charge in [0.05, 0.1) is 42.2 Å². The summed E-state index contributed by atoms with van der Waals surface area (Å²) in [5.41, 5.74) is 1.72. The van der Waals surface area contributed by atoms with Crippen LogP contribution in [0.4, 0.5) is 11.5 Å². The van der Waals surface area contributed by atoms with Gasteiger partial charge in [-0.15, -0.1) is 0 Å². The highest BCUT2D eigenvalue weighted by atomic mass is 32.2. The lowest BCUT2D eigenvalue weighted by molar-refractivity contribution is -0.411. The minimum absolute atomic E-state index is 0.0156. The van der Waals surface area contributed by atoms with Crippen molar-refractivity contribution in [2.75, 3.05) is 31.1 Å². The van der Waals surface area contributed by atoms with E-state index in [-0.39, 0.29) is 18.8 Å². The average Bonchev–Trinajstić information content (AvgIpc) is 2.61. The Morgan fingerprint density at radius 3 is 2.42 bits per heavy atom. The summed E-state index contributed by atoms with van der Waals surface area (Å²) in [4.78, 5) is 15.8. The van der Waals surface area contributed by atoms with Crippen molar-refractivity contribution in [3.63, 3.8) is 0 Å². The summed E-state index contributed by atoms with van der Waals surface area (Å²) in [5, 5.41) is 11.2. The number of nitrogens with zero attached hydrogens (tertiary/aromatic N) is 3. The zero-order chi connectivity index (χ0) is 18.9. The number of piperazine rings is 1. The van der Waals surface area contributed by atoms with Gasteiger partial charge in [0, 0.05) is 6.07 Å². The SMILES string of the molecule is Cc1ccc(S(=O)(=O)N2CCN(c3[nH+]cccc3[N+](=O)[O-])CC2)c(C)c1. The molecule has 138 valence electrons. The topological polar surface area (TPSA) is 97.9 Å². The first-order chi connectivity index (χ1) is 12.3. The first kappa shape index (κ1) is 18.3. The molecule has 0 radical (unpaired) electrons. The molecule has 9 heteroatoms. The highest BCUT2D eigenvalue weighted by Gasteiger charge is 2.35. The van der Waals surface area contributed by atoms with Crippen LogP contribution in [-0.4, -0.2) is 43.8 Å². The van der Waals surface area contributed by atoms with E-state index in [4.69, 9.17) is 0 Å². The second-order valence-electron chi connectivity index (χ2n) is 6.32. The lowest BCUT2D eigenvalue weighted by Crippen LogP contribution is -2.50. The monoisotopic (exact) mass is 377 g/mol. The Morgan fingerprint density at radius 1 is 1.12 bits per heavy atom. The number of benzene rings is 1. The van der Waals surface area contributed by atoms with Crippen molar-refractivity contribution in [3.05, 3.63) is 57.8 Å². The summed E-state index contributed by atoms with van der Waals surface area (Å²) in [7, 11) is -3.58. The van der Waals surface area contributed by atoms with Crippen LogP contribution >= 0.6 is 0 Å². The van der Waals surface area contributed by atoms with Crippen molar-refractivity contribution in [1.29, 1.82) is 0 Å². The number of nitro groups is 1. The van der Waals surface area contributed by atoms with E-state index in [0.717, 1.165) is 11.1 Å². The van der Waals surface area contributed by atoms with Gasteiger partial charge in [-0.25, -0.2) is 13.4 Å². The van der Waals surface area contributed by atoms with Gasteiger partial charge in [-0.2, -0.15) is 4.31 Å². The fourth-order valence-electron chi connectivity index (χ4n) is 3.20. The van der Waals surface area contributed by atoms with Gasteiger partial charge in [-0.1, -0.05) is 17.7 Å². The molecule has 0 spiro atoms. The van der Waals surface area contributed by atoms with E-state index in [0.29, 0.717) is 23.8 Å². The van der Waals surface area contributed by atoms with E-state index in [1.807, 2.05) is 17.9 Å². The Balaban J connectivity index is 1.79. The van der Waals surface area contributed by atoms with Crippen LogP contribution in [0.5, 0.6) is 0 Å². The molecule has 1 fully saturated rings. The number of anilines is 1. The third kappa shape index (κ3) is 3.40. The first-order valence-corrected chi connectivity index (χ1v) is 9.72. The molecule has 1 saturated heterocycles. The number of sulfonamides is 1. The molecule has 0 amide bonds. The number of aryl methyl sites for hydroxylation is 2. The second kappa shape index (κ2) is 7.00. The van der Waals surface area contributed by atoms with Crippen molar-refractivity contribution in [3.8, 4) is 0 Å². The van der Waals surface area contributed by atoms with Crippen LogP contribution < -0.4 is 9.88 Å². The number of aromatic nitrogens is 1. The minimum atomic E-state index is -3.58. The predicted molar refractivity (Wildman–Crippen MR) is 96.5 cm³/mol. The van der Waals surface area contributed by atoms with Gasteiger partial charge in [-0.3, -0.25) is 15.0 Å². The van der Waals surface area contributed by atoms with Crippen molar-refractivity contribution < 1.29 is 18.3 Å². The van der Waals surface area contributed by atoms with E-state index >= 15 is 0 Å². The molecular formula is C17H21N4O4S+. The van der Waals surface area contributed by atoms with Crippen molar-refractivity contribution in [1.82, 2.24) is 4.31 Å². The van der Waals surface area contributed by atoms with Gasteiger partial charge >= 0.3 is 11.5 Å². The third-order valence-electron chi connectivity index (χ3n) is 4.51. The molecular weight excluding hydrogens is 356 g/mol. The van der Waals surface area contributed by atoms with Gasteiger partial charge in [0.2, 0.25) is 10.0 Å². The van der Waals surface area contributed by atoms with Crippen molar-refractivity contribution in [2.24, 2.45) is 0 Å². The predicted octanol–water partition coefficient (Wildman–Crippen LogP) is 1.54. The van der Waals surface area contributed by atoms with E-state index < -0.39 is 14.9 Å². The molecule has 26 heavy (non-hydrogen) atoms. The molecule has 1 aliphatic rings. The Bertz CT molecular complexity index is 938. The van der Waals surface area contributed by atoms with Crippen LogP contribution in [0.25, 0.3) is 0 Å². The van der Waals surface area contributed by atoms with E-state index in [1.54, 1.807) is 31.3 Å². The normalized spacial score (nSPS) is 15.8. The molecule has 0 bridgehead atoms. The molecule has 1 aromatic carbocycles. The quantitative estimate of drug-likeness (QED) is 0.594. The lowest BCUT2D eigenvalue weighted by atomic mass is 10.2. The van der Waals surface area contributed by atoms with Crippen molar-refractivity contribution >= 4 is 21.5 Å². The van der Waals surface area contributed by atoms with Gasteiger partial charge in [0.1, 0.15) is 0 Å². The summed E-state index contributed by atoms with van der Waals surface area (Å²) in [5.74, 6) is 0.404. The molecule has 0 atom stereocenters. The largest absolute Gasteiger partial charge is 0.357 e. The summed E-state index contributed by atoms with van der Waals surface area (Å²) in [6.45, 7) is 5.02. The van der Waals surface area contributed by atoms with Gasteiger partial charge in [0.25, 0.3) is 0 Å². The number of pyridine rings is 1. The van der Waals surface area contributed by atoms with E-state index in [2.05, 4.69) is 4.98 Å². The molecule has 1 N–H and O–H groups in total. The maximum Gasteiger partial charge on any atom is 0.357 e. The minimum Gasteiger partial charge on any atom is -0.258 e. The summed E-state index contributed by atoms with van der Waals surface area (Å²) in [6.07, 6.45) is 1.63. The maximum atomic E-state index is 12.9. The number of H-pyrrole nitrogens is 1. The van der Waals surface area contributed by atoms with Gasteiger partial charge in [-0.05, 0) is 31.5 Å². The lowest BCUT2D eigenvalue weighted by Gasteiger charge is -2.30. The Kier molecular flexibility index (Phi) is 4.92. The first-order valence-electron chi connectivity index (χ1n) is 8.28. The van der Waals surface area contributed by atoms with Crippen molar-refractivity contribution in [2.45, 2.75) is 18.7 Å². The standard InChI is InChI=1S/C17H20N4O4S/c1-13-5-6-16(14(2)12-13)26(24,25)20-10-8-19(9-11-20)17-15(21(22)23)4-3-7-18-17/h3-7,12H,8-11H2,1-2H3/p+1. The molecule has 2 aromatic rings. The average molecular weight is 377 g/mol. The summed E-state index contributed by atoms with van der Waals surface area (Å²) in [6, 6.07) is 8.29. The fraction of sp³-hybridized carbons (Fsp3) is 0.353. The van der Waals surface area contributed by atoms with Crippen LogP contribution in [0.1, 0.15) is 11.1 Å². The van der Waals surface area contributed by atoms with Crippen LogP contribution in [0.3, 0.4) is 0 Å². The number of hydrogen-bond donors (Lipinski definition) is 0. The highest BCUT2D eigenvalue weighted by molar-refractivity contribution is 7.89. The molecule has 0 saturated carbocycles. The number of rotatable bonds is 4. The molecule has 1 aliphatic heterocycles. The second-order valence-corrected chi connectivity index (χ2v) is 8.23. The number of aromatic amines is 1. The highest BCUT2D eigenvalue weighted by Crippen LogP contribution is 2.26. The van der Waals surface area contributed by atoms with Crippen LogP contribution in [0, 0.1) is 24.0 Å².